The quantitative estimate of drug-likeness (QED) is 0.123. The summed E-state index contributed by atoms with van der Waals surface area (Å²) in [5.74, 6) is 0. The van der Waals surface area contributed by atoms with Crippen molar-refractivity contribution in [3.05, 3.63) is 224 Å². The number of benzene rings is 8. The maximum absolute atomic E-state index is 4.15. The van der Waals surface area contributed by atoms with E-state index in [0.717, 1.165) is 28.3 Å². The van der Waals surface area contributed by atoms with Crippen molar-refractivity contribution in [3.8, 4) is 22.3 Å². The predicted octanol–water partition coefficient (Wildman–Crippen LogP) is 15.3. The molecule has 0 aliphatic rings. The first kappa shape index (κ1) is 36.1. The zero-order chi connectivity index (χ0) is 38.4. The van der Waals surface area contributed by atoms with Gasteiger partial charge in [-0.05, 0) is 108 Å². The Balaban J connectivity index is 1.07. The van der Waals surface area contributed by atoms with Gasteiger partial charge < -0.3 is 9.80 Å². The molecule has 8 aromatic rings. The van der Waals surface area contributed by atoms with Gasteiger partial charge in [-0.15, -0.1) is 0 Å². The van der Waals surface area contributed by atoms with Crippen molar-refractivity contribution in [1.82, 2.24) is 0 Å². The summed E-state index contributed by atoms with van der Waals surface area (Å²) < 4.78 is 0. The maximum Gasteiger partial charge on any atom is 0.0540 e. The van der Waals surface area contributed by atoms with Gasteiger partial charge in [0.25, 0.3) is 0 Å². The molecule has 2 heteroatoms. The summed E-state index contributed by atoms with van der Waals surface area (Å²) in [6.07, 6.45) is 6.30. The molecule has 0 N–H and O–H groups in total. The average Bonchev–Trinajstić information content (AvgIpc) is 3.25. The lowest BCUT2D eigenvalue weighted by molar-refractivity contribution is 1.07. The molecule has 0 fully saturated rings. The van der Waals surface area contributed by atoms with Crippen molar-refractivity contribution in [2.24, 2.45) is 0 Å². The molecular weight excluding hydrogens is 677 g/mol. The number of hydrogen-bond acceptors (Lipinski definition) is 2. The first-order chi connectivity index (χ1) is 27.4. The topological polar surface area (TPSA) is 6.48 Å². The molecule has 0 unspecified atom stereocenters. The van der Waals surface area contributed by atoms with Crippen LogP contribution in [0.2, 0.25) is 0 Å². The van der Waals surface area contributed by atoms with Gasteiger partial charge in [0.1, 0.15) is 0 Å². The van der Waals surface area contributed by atoms with Gasteiger partial charge in [0.2, 0.25) is 0 Å². The first-order valence-corrected chi connectivity index (χ1v) is 19.3. The van der Waals surface area contributed by atoms with Crippen LogP contribution in [-0.2, 0) is 0 Å². The smallest absolute Gasteiger partial charge is 0.0540 e. The fourth-order valence-corrected chi connectivity index (χ4v) is 7.42. The van der Waals surface area contributed by atoms with E-state index in [2.05, 4.69) is 231 Å². The van der Waals surface area contributed by atoms with E-state index in [9.17, 15) is 0 Å². The second kappa shape index (κ2) is 16.2. The van der Waals surface area contributed by atoms with Gasteiger partial charge in [0.05, 0.1) is 5.69 Å². The van der Waals surface area contributed by atoms with E-state index in [1.165, 1.54) is 60.6 Å². The zero-order valence-electron chi connectivity index (χ0n) is 32.4. The Bertz CT molecular complexity index is 2670. The molecule has 0 saturated heterocycles. The van der Waals surface area contributed by atoms with Crippen LogP contribution >= 0.6 is 0 Å². The van der Waals surface area contributed by atoms with Gasteiger partial charge in [-0.1, -0.05) is 169 Å². The minimum Gasteiger partial charge on any atom is -0.336 e. The Hall–Kier alpha value is -6.90. The van der Waals surface area contributed by atoms with Gasteiger partial charge in [-0.3, -0.25) is 0 Å². The third kappa shape index (κ3) is 7.69. The van der Waals surface area contributed by atoms with Crippen LogP contribution in [0, 0.1) is 6.92 Å². The number of nitrogens with zero attached hydrogens (tertiary/aromatic N) is 2. The van der Waals surface area contributed by atoms with Crippen molar-refractivity contribution in [3.63, 3.8) is 0 Å². The summed E-state index contributed by atoms with van der Waals surface area (Å²) in [5, 5.41) is 4.90. The molecule has 8 aromatic carbocycles. The average molecular weight is 723 g/mol. The SMILES string of the molecule is C=C/C(=C\C=C(C)C)CN(c1ccc(-c2ccc(-c3ccc(N(c4ccc(C)cc4)c4cccc5ccccc45)cc3)cc2)cc1)c1cccc2ccccc12. The largest absolute Gasteiger partial charge is 0.336 e. The van der Waals surface area contributed by atoms with Crippen molar-refractivity contribution in [1.29, 1.82) is 0 Å². The summed E-state index contributed by atoms with van der Waals surface area (Å²) >= 11 is 0. The van der Waals surface area contributed by atoms with Gasteiger partial charge >= 0.3 is 0 Å². The lowest BCUT2D eigenvalue weighted by Gasteiger charge is -2.27. The minimum absolute atomic E-state index is 0.707. The molecule has 0 atom stereocenters. The van der Waals surface area contributed by atoms with Crippen molar-refractivity contribution in [2.75, 3.05) is 16.3 Å². The standard InChI is InChI=1S/C54H46N2/c1-5-41(23-20-39(2)3)38-55(53-18-10-14-46-12-6-8-16-51(46)53)48-34-28-44(29-35-48)42-24-26-43(27-25-42)45-30-36-50(37-31-45)56(49-32-21-40(4)22-33-49)54-19-11-15-47-13-7-9-17-52(47)54/h5-37H,1,38H2,2-4H3/b41-23+. The second-order valence-electron chi connectivity index (χ2n) is 14.6. The minimum atomic E-state index is 0.707. The molecular formula is C54H46N2. The van der Waals surface area contributed by atoms with Crippen LogP contribution in [0.5, 0.6) is 0 Å². The van der Waals surface area contributed by atoms with E-state index in [0.29, 0.717) is 6.54 Å². The van der Waals surface area contributed by atoms with Gasteiger partial charge in [0.15, 0.2) is 0 Å². The molecule has 8 rings (SSSR count). The van der Waals surface area contributed by atoms with E-state index < -0.39 is 0 Å². The maximum atomic E-state index is 4.15. The first-order valence-electron chi connectivity index (χ1n) is 19.3. The third-order valence-electron chi connectivity index (χ3n) is 10.4. The Labute approximate surface area is 331 Å². The Morgan fingerprint density at radius 3 is 1.41 bits per heavy atom. The van der Waals surface area contributed by atoms with Crippen LogP contribution in [0.1, 0.15) is 19.4 Å². The number of hydrogen-bond donors (Lipinski definition) is 0. The molecule has 0 spiro atoms. The number of allylic oxidation sites excluding steroid dienone is 3. The highest BCUT2D eigenvalue weighted by molar-refractivity contribution is 5.99. The Morgan fingerprint density at radius 1 is 0.464 bits per heavy atom. The van der Waals surface area contributed by atoms with E-state index in [-0.39, 0.29) is 0 Å². The summed E-state index contributed by atoms with van der Waals surface area (Å²) in [5.41, 5.74) is 14.1. The Morgan fingerprint density at radius 2 is 0.893 bits per heavy atom. The molecule has 0 bridgehead atoms. The second-order valence-corrected chi connectivity index (χ2v) is 14.6. The monoisotopic (exact) mass is 722 g/mol. The molecule has 0 heterocycles. The lowest BCUT2D eigenvalue weighted by Crippen LogP contribution is -2.20. The summed E-state index contributed by atoms with van der Waals surface area (Å²) in [6, 6.07) is 65.9. The molecule has 0 aliphatic heterocycles. The molecule has 0 amide bonds. The predicted molar refractivity (Wildman–Crippen MR) is 243 cm³/mol. The highest BCUT2D eigenvalue weighted by atomic mass is 15.1. The highest BCUT2D eigenvalue weighted by Crippen LogP contribution is 2.40. The van der Waals surface area contributed by atoms with E-state index in [1.807, 2.05) is 6.08 Å². The summed E-state index contributed by atoms with van der Waals surface area (Å²) in [4.78, 5) is 4.75. The van der Waals surface area contributed by atoms with Gasteiger partial charge in [-0.2, -0.15) is 0 Å². The fourth-order valence-electron chi connectivity index (χ4n) is 7.42. The normalized spacial score (nSPS) is 11.4. The molecule has 0 aliphatic carbocycles. The van der Waals surface area contributed by atoms with Crippen molar-refractivity contribution < 1.29 is 0 Å². The van der Waals surface area contributed by atoms with Crippen LogP contribution in [-0.4, -0.2) is 6.54 Å². The van der Waals surface area contributed by atoms with Crippen LogP contribution in [0.15, 0.2) is 218 Å². The molecule has 2 nitrogen and oxygen atoms in total. The van der Waals surface area contributed by atoms with E-state index in [4.69, 9.17) is 0 Å². The molecule has 0 radical (unpaired) electrons. The number of fused-ring (bicyclic) bond motifs is 2. The van der Waals surface area contributed by atoms with Crippen LogP contribution in [0.4, 0.5) is 28.4 Å². The molecule has 0 saturated carbocycles. The van der Waals surface area contributed by atoms with E-state index in [1.54, 1.807) is 0 Å². The highest BCUT2D eigenvalue weighted by Gasteiger charge is 2.17. The van der Waals surface area contributed by atoms with E-state index >= 15 is 0 Å². The fraction of sp³-hybridized carbons (Fsp3) is 0.0741. The van der Waals surface area contributed by atoms with Crippen molar-refractivity contribution in [2.45, 2.75) is 20.8 Å². The lowest BCUT2D eigenvalue weighted by atomic mass is 9.99. The van der Waals surface area contributed by atoms with Gasteiger partial charge in [0, 0.05) is 40.1 Å². The zero-order valence-corrected chi connectivity index (χ0v) is 32.4. The van der Waals surface area contributed by atoms with Gasteiger partial charge in [-0.25, -0.2) is 0 Å². The van der Waals surface area contributed by atoms with Crippen LogP contribution in [0.3, 0.4) is 0 Å². The summed E-state index contributed by atoms with van der Waals surface area (Å²) in [6.45, 7) is 11.2. The Kier molecular flexibility index (Phi) is 10.5. The molecule has 272 valence electrons. The number of anilines is 5. The third-order valence-corrected chi connectivity index (χ3v) is 10.4. The molecule has 56 heavy (non-hydrogen) atoms. The number of rotatable bonds is 11. The summed E-state index contributed by atoms with van der Waals surface area (Å²) in [7, 11) is 0. The van der Waals surface area contributed by atoms with Crippen LogP contribution < -0.4 is 9.80 Å². The molecule has 0 aromatic heterocycles. The van der Waals surface area contributed by atoms with Crippen LogP contribution in [0.25, 0.3) is 43.8 Å². The number of aryl methyl sites for hydroxylation is 1. The van der Waals surface area contributed by atoms with Crippen molar-refractivity contribution >= 4 is 50.0 Å².